The maximum atomic E-state index is 11.2. The molecule has 0 spiro atoms. The summed E-state index contributed by atoms with van der Waals surface area (Å²) in [5.41, 5.74) is 1.31. The molecule has 0 saturated heterocycles. The van der Waals surface area contributed by atoms with Crippen LogP contribution in [0.2, 0.25) is 0 Å². The number of carbonyl (C=O) groups excluding carboxylic acids is 1. The number of ether oxygens (including phenoxy) is 2. The summed E-state index contributed by atoms with van der Waals surface area (Å²) in [7, 11) is 0. The lowest BCUT2D eigenvalue weighted by Gasteiger charge is -2.07. The van der Waals surface area contributed by atoms with Gasteiger partial charge < -0.3 is 9.47 Å². The minimum Gasteiger partial charge on any atom is -0.482 e. The third-order valence-corrected chi connectivity index (χ3v) is 2.95. The molecular weight excluding hydrogens is 240 g/mol. The normalized spacial score (nSPS) is 10.4. The van der Waals surface area contributed by atoms with Gasteiger partial charge >= 0.3 is 5.97 Å². The number of fused-ring (bicyclic) bond motifs is 1. The van der Waals surface area contributed by atoms with Crippen molar-refractivity contribution in [3.63, 3.8) is 0 Å². The number of aryl methyl sites for hydroxylation is 1. The number of benzene rings is 2. The van der Waals surface area contributed by atoms with Crippen LogP contribution in [0.25, 0.3) is 10.8 Å². The Balaban J connectivity index is 2.11. The fourth-order valence-corrected chi connectivity index (χ4v) is 1.93. The summed E-state index contributed by atoms with van der Waals surface area (Å²) >= 11 is 0. The quantitative estimate of drug-likeness (QED) is 0.771. The smallest absolute Gasteiger partial charge is 0.344 e. The molecule has 2 aromatic carbocycles. The lowest BCUT2D eigenvalue weighted by molar-refractivity contribution is -0.145. The molecule has 100 valence electrons. The highest BCUT2D eigenvalue weighted by Crippen LogP contribution is 2.22. The highest BCUT2D eigenvalue weighted by atomic mass is 16.6. The second-order valence-electron chi connectivity index (χ2n) is 4.29. The third kappa shape index (κ3) is 3.47. The van der Waals surface area contributed by atoms with Crippen molar-refractivity contribution in [2.75, 3.05) is 13.2 Å². The Labute approximate surface area is 113 Å². The average Bonchev–Trinajstić information content (AvgIpc) is 2.44. The van der Waals surface area contributed by atoms with Gasteiger partial charge in [-0.15, -0.1) is 0 Å². The Hall–Kier alpha value is -2.03. The minimum absolute atomic E-state index is 0.0492. The van der Waals surface area contributed by atoms with E-state index in [0.717, 1.165) is 11.8 Å². The standard InChI is InChI=1S/C16H18O3/c1-3-12-5-6-14-10-15(8-7-13(14)9-12)19-11-16(17)18-4-2/h5-10H,3-4,11H2,1-2H3. The topological polar surface area (TPSA) is 35.5 Å². The summed E-state index contributed by atoms with van der Waals surface area (Å²) in [4.78, 5) is 11.2. The highest BCUT2D eigenvalue weighted by Gasteiger charge is 2.04. The molecule has 0 atom stereocenters. The largest absolute Gasteiger partial charge is 0.482 e. The lowest BCUT2D eigenvalue weighted by atomic mass is 10.1. The van der Waals surface area contributed by atoms with Crippen LogP contribution in [0.5, 0.6) is 5.75 Å². The van der Waals surface area contributed by atoms with Crippen molar-refractivity contribution in [1.82, 2.24) is 0 Å². The van der Waals surface area contributed by atoms with Crippen molar-refractivity contribution < 1.29 is 14.3 Å². The van der Waals surface area contributed by atoms with E-state index in [1.165, 1.54) is 10.9 Å². The van der Waals surface area contributed by atoms with E-state index >= 15 is 0 Å². The van der Waals surface area contributed by atoms with Gasteiger partial charge in [0.2, 0.25) is 0 Å². The molecule has 0 aromatic heterocycles. The van der Waals surface area contributed by atoms with E-state index in [9.17, 15) is 4.79 Å². The van der Waals surface area contributed by atoms with Gasteiger partial charge in [-0.05, 0) is 41.8 Å². The van der Waals surface area contributed by atoms with Gasteiger partial charge in [0.1, 0.15) is 5.75 Å². The third-order valence-electron chi connectivity index (χ3n) is 2.95. The summed E-state index contributed by atoms with van der Waals surface area (Å²) in [6, 6.07) is 12.2. The van der Waals surface area contributed by atoms with Gasteiger partial charge in [-0.2, -0.15) is 0 Å². The summed E-state index contributed by atoms with van der Waals surface area (Å²) in [5, 5.41) is 2.29. The fourth-order valence-electron chi connectivity index (χ4n) is 1.93. The molecule has 0 aliphatic heterocycles. The predicted octanol–water partition coefficient (Wildman–Crippen LogP) is 3.34. The van der Waals surface area contributed by atoms with E-state index in [1.54, 1.807) is 6.92 Å². The Morgan fingerprint density at radius 1 is 1.05 bits per heavy atom. The van der Waals surface area contributed by atoms with E-state index in [-0.39, 0.29) is 12.6 Å². The van der Waals surface area contributed by atoms with E-state index in [1.807, 2.05) is 18.2 Å². The summed E-state index contributed by atoms with van der Waals surface area (Å²) < 4.78 is 10.2. The molecule has 0 bridgehead atoms. The lowest BCUT2D eigenvalue weighted by Crippen LogP contribution is -2.14. The SMILES string of the molecule is CCOC(=O)COc1ccc2cc(CC)ccc2c1. The van der Waals surface area contributed by atoms with Gasteiger partial charge in [0, 0.05) is 0 Å². The van der Waals surface area contributed by atoms with Gasteiger partial charge in [-0.3, -0.25) is 0 Å². The maximum absolute atomic E-state index is 11.2. The molecule has 0 heterocycles. The van der Waals surface area contributed by atoms with E-state index in [4.69, 9.17) is 9.47 Å². The molecule has 3 nitrogen and oxygen atoms in total. The highest BCUT2D eigenvalue weighted by molar-refractivity contribution is 5.84. The second kappa shape index (κ2) is 6.23. The number of hydrogen-bond donors (Lipinski definition) is 0. The molecule has 2 rings (SSSR count). The first-order chi connectivity index (χ1) is 9.22. The first-order valence-corrected chi connectivity index (χ1v) is 6.54. The first-order valence-electron chi connectivity index (χ1n) is 6.54. The van der Waals surface area contributed by atoms with Crippen LogP contribution in [0, 0.1) is 0 Å². The second-order valence-corrected chi connectivity index (χ2v) is 4.29. The van der Waals surface area contributed by atoms with Crippen molar-refractivity contribution in [2.24, 2.45) is 0 Å². The van der Waals surface area contributed by atoms with Gasteiger partial charge in [0.05, 0.1) is 6.61 Å². The average molecular weight is 258 g/mol. The van der Waals surface area contributed by atoms with E-state index < -0.39 is 0 Å². The van der Waals surface area contributed by atoms with Crippen LogP contribution in [0.15, 0.2) is 36.4 Å². The Kier molecular flexibility index (Phi) is 4.39. The Morgan fingerprint density at radius 3 is 2.53 bits per heavy atom. The zero-order chi connectivity index (χ0) is 13.7. The molecular formula is C16H18O3. The molecule has 0 amide bonds. The van der Waals surface area contributed by atoms with E-state index in [0.29, 0.717) is 12.4 Å². The minimum atomic E-state index is -0.344. The molecule has 2 aromatic rings. The van der Waals surface area contributed by atoms with Crippen molar-refractivity contribution in [1.29, 1.82) is 0 Å². The van der Waals surface area contributed by atoms with Crippen LogP contribution in [0.1, 0.15) is 19.4 Å². The van der Waals surface area contributed by atoms with Crippen molar-refractivity contribution in [2.45, 2.75) is 20.3 Å². The summed E-state index contributed by atoms with van der Waals surface area (Å²) in [6.07, 6.45) is 1.02. The number of hydrogen-bond acceptors (Lipinski definition) is 3. The molecule has 0 N–H and O–H groups in total. The van der Waals surface area contributed by atoms with Gasteiger partial charge in [0.25, 0.3) is 0 Å². The maximum Gasteiger partial charge on any atom is 0.344 e. The van der Waals surface area contributed by atoms with Crippen molar-refractivity contribution in [3.05, 3.63) is 42.0 Å². The predicted molar refractivity (Wildman–Crippen MR) is 75.5 cm³/mol. The van der Waals surface area contributed by atoms with Crippen LogP contribution < -0.4 is 4.74 Å². The molecule has 0 unspecified atom stereocenters. The fraction of sp³-hybridized carbons (Fsp3) is 0.312. The van der Waals surface area contributed by atoms with Crippen LogP contribution >= 0.6 is 0 Å². The zero-order valence-electron chi connectivity index (χ0n) is 11.3. The summed E-state index contributed by atoms with van der Waals surface area (Å²) in [5.74, 6) is 0.341. The molecule has 0 saturated carbocycles. The van der Waals surface area contributed by atoms with Gasteiger partial charge in [-0.1, -0.05) is 31.2 Å². The first kappa shape index (κ1) is 13.4. The molecule has 0 aliphatic rings. The number of carbonyl (C=O) groups is 1. The van der Waals surface area contributed by atoms with Crippen LogP contribution in [-0.2, 0) is 16.0 Å². The monoisotopic (exact) mass is 258 g/mol. The molecule has 19 heavy (non-hydrogen) atoms. The molecule has 0 fully saturated rings. The Morgan fingerprint density at radius 2 is 1.79 bits per heavy atom. The van der Waals surface area contributed by atoms with Gasteiger partial charge in [0.15, 0.2) is 6.61 Å². The van der Waals surface area contributed by atoms with Crippen LogP contribution in [0.4, 0.5) is 0 Å². The van der Waals surface area contributed by atoms with Crippen molar-refractivity contribution >= 4 is 16.7 Å². The summed E-state index contributed by atoms with van der Waals surface area (Å²) in [6.45, 7) is 4.24. The molecule has 0 aliphatic carbocycles. The zero-order valence-corrected chi connectivity index (χ0v) is 11.3. The van der Waals surface area contributed by atoms with Crippen LogP contribution in [-0.4, -0.2) is 19.2 Å². The van der Waals surface area contributed by atoms with Crippen LogP contribution in [0.3, 0.4) is 0 Å². The molecule has 3 heteroatoms. The number of rotatable bonds is 5. The molecule has 0 radical (unpaired) electrons. The Bertz CT molecular complexity index is 575. The van der Waals surface area contributed by atoms with Gasteiger partial charge in [-0.25, -0.2) is 4.79 Å². The van der Waals surface area contributed by atoms with Crippen molar-refractivity contribution in [3.8, 4) is 5.75 Å². The van der Waals surface area contributed by atoms with E-state index in [2.05, 4.69) is 25.1 Å². The number of esters is 1.